The molecule has 136 valence electrons. The first kappa shape index (κ1) is 18.3. The lowest BCUT2D eigenvalue weighted by molar-refractivity contribution is 0.0818. The summed E-state index contributed by atoms with van der Waals surface area (Å²) in [4.78, 5) is 19.8. The van der Waals surface area contributed by atoms with Crippen molar-refractivity contribution in [2.45, 2.75) is 19.4 Å². The summed E-state index contributed by atoms with van der Waals surface area (Å²) in [6.07, 6.45) is 0.869. The second kappa shape index (κ2) is 8.27. The molecule has 0 spiro atoms. The molecule has 1 heterocycles. The van der Waals surface area contributed by atoms with Crippen LogP contribution in [-0.4, -0.2) is 42.0 Å². The zero-order chi connectivity index (χ0) is 18.5. The minimum Gasteiger partial charge on any atom is -0.497 e. The Morgan fingerprint density at radius 2 is 1.81 bits per heavy atom. The van der Waals surface area contributed by atoms with Gasteiger partial charge in [0, 0.05) is 23.4 Å². The van der Waals surface area contributed by atoms with E-state index in [0.29, 0.717) is 17.1 Å². The van der Waals surface area contributed by atoms with E-state index in [4.69, 9.17) is 14.5 Å². The Kier molecular flexibility index (Phi) is 5.83. The first-order chi connectivity index (χ1) is 12.7. The zero-order valence-corrected chi connectivity index (χ0v) is 16.0. The van der Waals surface area contributed by atoms with Crippen molar-refractivity contribution < 1.29 is 14.3 Å². The SMILES string of the molecule is CC[C@@H]1CSC(=Nc2ccccc2)N1C(=O)c1cc(OC)cc(OC)c1. The van der Waals surface area contributed by atoms with Gasteiger partial charge in [-0.3, -0.25) is 9.69 Å². The number of thioether (sulfide) groups is 1. The van der Waals surface area contributed by atoms with Crippen LogP contribution in [0.4, 0.5) is 5.69 Å². The molecule has 1 fully saturated rings. The number of nitrogens with zero attached hydrogens (tertiary/aromatic N) is 2. The molecule has 2 aromatic carbocycles. The van der Waals surface area contributed by atoms with Gasteiger partial charge in [-0.1, -0.05) is 36.9 Å². The van der Waals surface area contributed by atoms with Gasteiger partial charge in [0.05, 0.1) is 19.9 Å². The number of amidine groups is 1. The Morgan fingerprint density at radius 1 is 1.15 bits per heavy atom. The molecule has 26 heavy (non-hydrogen) atoms. The molecule has 0 bridgehead atoms. The van der Waals surface area contributed by atoms with Gasteiger partial charge in [0.2, 0.25) is 0 Å². The molecule has 3 rings (SSSR count). The molecule has 0 radical (unpaired) electrons. The standard InChI is InChI=1S/C20H22N2O3S/c1-4-16-13-26-20(21-15-8-6-5-7-9-15)22(16)19(23)14-10-17(24-2)12-18(11-14)25-3/h5-12,16H,4,13H2,1-3H3/t16-/m1/s1. The highest BCUT2D eigenvalue weighted by Gasteiger charge is 2.35. The van der Waals surface area contributed by atoms with Gasteiger partial charge in [0.15, 0.2) is 5.17 Å². The summed E-state index contributed by atoms with van der Waals surface area (Å²) in [7, 11) is 3.15. The highest BCUT2D eigenvalue weighted by atomic mass is 32.2. The van der Waals surface area contributed by atoms with Crippen LogP contribution in [-0.2, 0) is 0 Å². The number of carbonyl (C=O) groups excluding carboxylic acids is 1. The van der Waals surface area contributed by atoms with E-state index in [1.54, 1.807) is 49.1 Å². The number of amides is 1. The van der Waals surface area contributed by atoms with Crippen molar-refractivity contribution in [3.63, 3.8) is 0 Å². The fourth-order valence-corrected chi connectivity index (χ4v) is 4.06. The number of benzene rings is 2. The maximum absolute atomic E-state index is 13.3. The minimum atomic E-state index is -0.0891. The van der Waals surface area contributed by atoms with E-state index in [1.165, 1.54) is 0 Å². The van der Waals surface area contributed by atoms with E-state index in [1.807, 2.05) is 30.3 Å². The molecular weight excluding hydrogens is 348 g/mol. The first-order valence-electron chi connectivity index (χ1n) is 8.49. The molecule has 0 saturated carbocycles. The Bertz CT molecular complexity index is 786. The topological polar surface area (TPSA) is 51.1 Å². The summed E-state index contributed by atoms with van der Waals surface area (Å²) in [5.41, 5.74) is 1.37. The van der Waals surface area contributed by atoms with Crippen molar-refractivity contribution in [1.82, 2.24) is 4.90 Å². The number of hydrogen-bond acceptors (Lipinski definition) is 5. The van der Waals surface area contributed by atoms with Crippen molar-refractivity contribution in [1.29, 1.82) is 0 Å². The third kappa shape index (κ3) is 3.85. The van der Waals surface area contributed by atoms with Crippen LogP contribution in [0.25, 0.3) is 0 Å². The molecule has 1 saturated heterocycles. The van der Waals surface area contributed by atoms with Crippen molar-refractivity contribution in [3.8, 4) is 11.5 Å². The van der Waals surface area contributed by atoms with Gasteiger partial charge in [-0.2, -0.15) is 0 Å². The smallest absolute Gasteiger partial charge is 0.260 e. The molecule has 1 aliphatic heterocycles. The van der Waals surface area contributed by atoms with Gasteiger partial charge in [0.1, 0.15) is 11.5 Å². The van der Waals surface area contributed by atoms with Crippen LogP contribution in [0.2, 0.25) is 0 Å². The highest BCUT2D eigenvalue weighted by Crippen LogP contribution is 2.32. The molecule has 5 nitrogen and oxygen atoms in total. The number of aliphatic imine (C=N–C) groups is 1. The second-order valence-electron chi connectivity index (χ2n) is 5.88. The number of rotatable bonds is 5. The lowest BCUT2D eigenvalue weighted by Crippen LogP contribution is -2.39. The van der Waals surface area contributed by atoms with E-state index < -0.39 is 0 Å². The normalized spacial score (nSPS) is 18.2. The Hall–Kier alpha value is -2.47. The van der Waals surface area contributed by atoms with Gasteiger partial charge >= 0.3 is 0 Å². The van der Waals surface area contributed by atoms with Crippen molar-refractivity contribution in [3.05, 3.63) is 54.1 Å². The van der Waals surface area contributed by atoms with Crippen LogP contribution >= 0.6 is 11.8 Å². The van der Waals surface area contributed by atoms with Crippen LogP contribution in [0.5, 0.6) is 11.5 Å². The molecule has 0 aliphatic carbocycles. The average Bonchev–Trinajstić information content (AvgIpc) is 3.10. The van der Waals surface area contributed by atoms with Crippen molar-refractivity contribution >= 4 is 28.5 Å². The molecule has 0 aromatic heterocycles. The minimum absolute atomic E-state index is 0.0891. The third-order valence-corrected chi connectivity index (χ3v) is 5.34. The number of ether oxygens (including phenoxy) is 2. The zero-order valence-electron chi connectivity index (χ0n) is 15.1. The molecule has 2 aromatic rings. The van der Waals surface area contributed by atoms with Crippen LogP contribution in [0.1, 0.15) is 23.7 Å². The maximum atomic E-state index is 13.3. The van der Waals surface area contributed by atoms with Gasteiger partial charge < -0.3 is 9.47 Å². The number of carbonyl (C=O) groups is 1. The van der Waals surface area contributed by atoms with Crippen molar-refractivity contribution in [2.24, 2.45) is 4.99 Å². The Morgan fingerprint density at radius 3 is 2.38 bits per heavy atom. The summed E-state index contributed by atoms with van der Waals surface area (Å²) in [6, 6.07) is 15.0. The predicted octanol–water partition coefficient (Wildman–Crippen LogP) is 4.36. The first-order valence-corrected chi connectivity index (χ1v) is 9.48. The van der Waals surface area contributed by atoms with E-state index >= 15 is 0 Å². The van der Waals surface area contributed by atoms with Gasteiger partial charge in [0.25, 0.3) is 5.91 Å². The van der Waals surface area contributed by atoms with E-state index in [-0.39, 0.29) is 11.9 Å². The summed E-state index contributed by atoms with van der Waals surface area (Å²) in [5, 5.41) is 0.731. The highest BCUT2D eigenvalue weighted by molar-refractivity contribution is 8.14. The van der Waals surface area contributed by atoms with Crippen LogP contribution < -0.4 is 9.47 Å². The summed E-state index contributed by atoms with van der Waals surface area (Å²) in [6.45, 7) is 2.09. The van der Waals surface area contributed by atoms with E-state index in [0.717, 1.165) is 23.0 Å². The summed E-state index contributed by atoms with van der Waals surface area (Å²) < 4.78 is 10.6. The Labute approximate surface area is 158 Å². The number of para-hydroxylation sites is 1. The molecular formula is C20H22N2O3S. The number of methoxy groups -OCH3 is 2. The summed E-state index contributed by atoms with van der Waals surface area (Å²) >= 11 is 1.61. The van der Waals surface area contributed by atoms with Crippen molar-refractivity contribution in [2.75, 3.05) is 20.0 Å². The van der Waals surface area contributed by atoms with Gasteiger partial charge in [-0.25, -0.2) is 4.99 Å². The molecule has 1 amide bonds. The van der Waals surface area contributed by atoms with E-state index in [9.17, 15) is 4.79 Å². The lowest BCUT2D eigenvalue weighted by Gasteiger charge is -2.23. The van der Waals surface area contributed by atoms with Crippen LogP contribution in [0.3, 0.4) is 0 Å². The molecule has 6 heteroatoms. The molecule has 1 aliphatic rings. The molecule has 0 N–H and O–H groups in total. The quantitative estimate of drug-likeness (QED) is 0.785. The number of hydrogen-bond donors (Lipinski definition) is 0. The second-order valence-corrected chi connectivity index (χ2v) is 6.87. The molecule has 1 atom stereocenters. The summed E-state index contributed by atoms with van der Waals surface area (Å²) in [5.74, 6) is 1.94. The predicted molar refractivity (Wildman–Crippen MR) is 106 cm³/mol. The van der Waals surface area contributed by atoms with E-state index in [2.05, 4.69) is 6.92 Å². The maximum Gasteiger partial charge on any atom is 0.260 e. The van der Waals surface area contributed by atoms with Gasteiger partial charge in [-0.05, 0) is 30.7 Å². The largest absolute Gasteiger partial charge is 0.497 e. The monoisotopic (exact) mass is 370 g/mol. The molecule has 0 unspecified atom stereocenters. The van der Waals surface area contributed by atoms with Crippen LogP contribution in [0, 0.1) is 0 Å². The van der Waals surface area contributed by atoms with Gasteiger partial charge in [-0.15, -0.1) is 0 Å². The average molecular weight is 370 g/mol. The fourth-order valence-electron chi connectivity index (χ4n) is 2.79. The lowest BCUT2D eigenvalue weighted by atomic mass is 10.1. The fraction of sp³-hybridized carbons (Fsp3) is 0.300. The Balaban J connectivity index is 1.98. The van der Waals surface area contributed by atoms with Crippen LogP contribution in [0.15, 0.2) is 53.5 Å². The third-order valence-electron chi connectivity index (χ3n) is 4.25.